The number of amides is 1. The number of carbonyl (C=O) groups excluding carboxylic acids is 1. The molecule has 1 atom stereocenters. The largest absolute Gasteiger partial charge is 0.456 e. The fourth-order valence-corrected chi connectivity index (χ4v) is 3.15. The van der Waals surface area contributed by atoms with Gasteiger partial charge < -0.3 is 25.6 Å². The van der Waals surface area contributed by atoms with E-state index < -0.39 is 35.8 Å². The summed E-state index contributed by atoms with van der Waals surface area (Å²) in [7, 11) is 1.38. The van der Waals surface area contributed by atoms with Crippen molar-refractivity contribution in [3.63, 3.8) is 0 Å². The molecular formula is C26H31F2N3O5. The van der Waals surface area contributed by atoms with Crippen LogP contribution in [-0.4, -0.2) is 39.9 Å². The zero-order valence-corrected chi connectivity index (χ0v) is 20.9. The summed E-state index contributed by atoms with van der Waals surface area (Å²) in [5, 5.41) is 23.9. The number of halogens is 2. The highest BCUT2D eigenvalue weighted by Crippen LogP contribution is 2.33. The third-order valence-electron chi connectivity index (χ3n) is 5.16. The molecule has 0 saturated carbocycles. The Hall–Kier alpha value is -3.76. The normalized spacial score (nSPS) is 11.2. The van der Waals surface area contributed by atoms with Crippen LogP contribution in [0, 0.1) is 25.5 Å². The van der Waals surface area contributed by atoms with E-state index in [4.69, 9.17) is 9.84 Å². The number of nitrogens with zero attached hydrogens (tertiary/aromatic N) is 1. The smallest absolute Gasteiger partial charge is 0.258 e. The average Bonchev–Trinajstić information content (AvgIpc) is 2.86. The van der Waals surface area contributed by atoms with Crippen molar-refractivity contribution < 1.29 is 28.5 Å². The van der Waals surface area contributed by atoms with Crippen LogP contribution in [-0.2, 0) is 7.05 Å². The van der Waals surface area contributed by atoms with E-state index in [1.807, 2.05) is 13.8 Å². The summed E-state index contributed by atoms with van der Waals surface area (Å²) in [4.78, 5) is 25.8. The van der Waals surface area contributed by atoms with Gasteiger partial charge in [-0.2, -0.15) is 0 Å². The van der Waals surface area contributed by atoms with Gasteiger partial charge in [0.1, 0.15) is 34.5 Å². The topological polar surface area (TPSA) is 113 Å². The number of aliphatic hydroxyl groups is 2. The van der Waals surface area contributed by atoms with E-state index in [0.29, 0.717) is 5.56 Å². The zero-order valence-electron chi connectivity index (χ0n) is 20.9. The van der Waals surface area contributed by atoms with E-state index >= 15 is 0 Å². The first kappa shape index (κ1) is 28.5. The lowest BCUT2D eigenvalue weighted by molar-refractivity contribution is 0.0800. The Balaban J connectivity index is 0.00000222. The highest BCUT2D eigenvalue weighted by molar-refractivity contribution is 6.02. The van der Waals surface area contributed by atoms with Crippen molar-refractivity contribution in [2.24, 2.45) is 7.05 Å². The molecule has 0 spiro atoms. The number of hydrogen-bond donors (Lipinski definition) is 4. The van der Waals surface area contributed by atoms with E-state index in [2.05, 4.69) is 10.6 Å². The van der Waals surface area contributed by atoms with Gasteiger partial charge in [0, 0.05) is 25.2 Å². The van der Waals surface area contributed by atoms with E-state index in [1.165, 1.54) is 44.3 Å². The second kappa shape index (κ2) is 12.8. The van der Waals surface area contributed by atoms with Gasteiger partial charge in [-0.1, -0.05) is 26.0 Å². The predicted octanol–water partition coefficient (Wildman–Crippen LogP) is 3.93. The maximum absolute atomic E-state index is 14.6. The van der Waals surface area contributed by atoms with Crippen LogP contribution in [0.1, 0.15) is 35.3 Å². The molecule has 0 aliphatic rings. The van der Waals surface area contributed by atoms with E-state index in [9.17, 15) is 23.5 Å². The molecule has 0 aliphatic heterocycles. The highest BCUT2D eigenvalue weighted by atomic mass is 19.1. The summed E-state index contributed by atoms with van der Waals surface area (Å²) in [5.74, 6) is -2.15. The maximum atomic E-state index is 14.6. The molecule has 0 bridgehead atoms. The van der Waals surface area contributed by atoms with Crippen LogP contribution < -0.4 is 20.9 Å². The summed E-state index contributed by atoms with van der Waals surface area (Å²) in [5.41, 5.74) is 0.0712. The highest BCUT2D eigenvalue weighted by Gasteiger charge is 2.24. The average molecular weight is 504 g/mol. The van der Waals surface area contributed by atoms with Crippen LogP contribution in [0.5, 0.6) is 11.5 Å². The van der Waals surface area contributed by atoms with Crippen LogP contribution in [0.4, 0.5) is 20.3 Å². The minimum atomic E-state index is -1.22. The Bertz CT molecular complexity index is 1280. The number of benzene rings is 2. The lowest BCUT2D eigenvalue weighted by Crippen LogP contribution is -2.35. The Morgan fingerprint density at radius 2 is 1.78 bits per heavy atom. The Labute approximate surface area is 208 Å². The summed E-state index contributed by atoms with van der Waals surface area (Å²) < 4.78 is 35.5. The molecule has 3 aromatic rings. The molecule has 4 N–H and O–H groups in total. The van der Waals surface area contributed by atoms with Gasteiger partial charge in [0.2, 0.25) is 0 Å². The van der Waals surface area contributed by atoms with Crippen molar-refractivity contribution >= 4 is 17.4 Å². The Morgan fingerprint density at radius 1 is 1.08 bits per heavy atom. The molecule has 0 radical (unpaired) electrons. The summed E-state index contributed by atoms with van der Waals surface area (Å²) >= 11 is 0. The molecule has 0 fully saturated rings. The number of nitrogens with one attached hydrogen (secondary N) is 2. The molecule has 36 heavy (non-hydrogen) atoms. The first-order valence-electron chi connectivity index (χ1n) is 11.4. The third kappa shape index (κ3) is 6.67. The monoisotopic (exact) mass is 503 g/mol. The van der Waals surface area contributed by atoms with Crippen LogP contribution >= 0.6 is 0 Å². The molecule has 1 aromatic heterocycles. The van der Waals surface area contributed by atoms with Gasteiger partial charge in [0.15, 0.2) is 0 Å². The number of aromatic nitrogens is 1. The number of rotatable bonds is 8. The third-order valence-corrected chi connectivity index (χ3v) is 5.16. The molecule has 1 heterocycles. The van der Waals surface area contributed by atoms with Gasteiger partial charge in [-0.25, -0.2) is 8.78 Å². The number of aliphatic hydroxyl groups excluding tert-OH is 2. The molecule has 10 heteroatoms. The summed E-state index contributed by atoms with van der Waals surface area (Å²) in [6, 6.07) is 9.57. The van der Waals surface area contributed by atoms with Gasteiger partial charge in [0.05, 0.1) is 18.4 Å². The maximum Gasteiger partial charge on any atom is 0.258 e. The number of hydrogen-bond acceptors (Lipinski definition) is 6. The second-order valence-corrected chi connectivity index (χ2v) is 7.75. The summed E-state index contributed by atoms with van der Waals surface area (Å²) in [6.45, 7) is 6.31. The van der Waals surface area contributed by atoms with Gasteiger partial charge >= 0.3 is 0 Å². The van der Waals surface area contributed by atoms with Gasteiger partial charge in [-0.05, 0) is 43.7 Å². The van der Waals surface area contributed by atoms with E-state index in [-0.39, 0.29) is 40.7 Å². The predicted molar refractivity (Wildman–Crippen MR) is 134 cm³/mol. The number of carbonyl (C=O) groups is 1. The van der Waals surface area contributed by atoms with Gasteiger partial charge in [-0.15, -0.1) is 0 Å². The molecular weight excluding hydrogens is 472 g/mol. The van der Waals surface area contributed by atoms with Crippen molar-refractivity contribution in [2.75, 3.05) is 18.5 Å². The Kier molecular flexibility index (Phi) is 10.1. The van der Waals surface area contributed by atoms with Crippen molar-refractivity contribution in [2.45, 2.75) is 33.8 Å². The molecule has 2 aromatic carbocycles. The van der Waals surface area contributed by atoms with Crippen LogP contribution in [0.2, 0.25) is 0 Å². The van der Waals surface area contributed by atoms with Crippen molar-refractivity contribution in [1.82, 2.24) is 9.88 Å². The quantitative estimate of drug-likeness (QED) is 0.371. The minimum Gasteiger partial charge on any atom is -0.456 e. The number of pyridine rings is 1. The van der Waals surface area contributed by atoms with Crippen molar-refractivity contribution in [3.05, 3.63) is 81.1 Å². The zero-order chi connectivity index (χ0) is 27.0. The molecule has 194 valence electrons. The van der Waals surface area contributed by atoms with Crippen molar-refractivity contribution in [1.29, 1.82) is 0 Å². The number of anilines is 2. The SMILES string of the molecule is CC.Cc1ccc(Nc2c(C(=O)NCC(O)CO)c(Oc3cccc(F)c3C)cc(=O)n2C)c(F)c1. The first-order chi connectivity index (χ1) is 17.1. The van der Waals surface area contributed by atoms with Crippen LogP contribution in [0.3, 0.4) is 0 Å². The Morgan fingerprint density at radius 3 is 2.42 bits per heavy atom. The minimum absolute atomic E-state index is 0.00382. The fraction of sp³-hybridized carbons (Fsp3) is 0.308. The molecule has 0 aliphatic carbocycles. The number of aryl methyl sites for hydroxylation is 1. The van der Waals surface area contributed by atoms with Crippen molar-refractivity contribution in [3.8, 4) is 11.5 Å². The standard InChI is InChI=1S/C24H25F2N3O5.C2H6/c1-13-7-8-18(17(26)9-13)28-23-22(24(33)27-11-15(31)12-30)20(10-21(32)29(23)3)34-19-6-4-5-16(25)14(19)2;1-2/h4-10,15,28,30-31H,11-12H2,1-3H3,(H,27,33);1-2H3. The van der Waals surface area contributed by atoms with Crippen LogP contribution in [0.25, 0.3) is 0 Å². The van der Waals surface area contributed by atoms with E-state index in [0.717, 1.165) is 10.6 Å². The molecule has 1 unspecified atom stereocenters. The summed E-state index contributed by atoms with van der Waals surface area (Å²) in [6.07, 6.45) is -1.22. The first-order valence-corrected chi connectivity index (χ1v) is 11.4. The van der Waals surface area contributed by atoms with E-state index in [1.54, 1.807) is 13.0 Å². The second-order valence-electron chi connectivity index (χ2n) is 7.75. The lowest BCUT2D eigenvalue weighted by Gasteiger charge is -2.20. The molecule has 8 nitrogen and oxygen atoms in total. The lowest BCUT2D eigenvalue weighted by atomic mass is 10.1. The van der Waals surface area contributed by atoms with Gasteiger partial charge in [0.25, 0.3) is 11.5 Å². The molecule has 3 rings (SSSR count). The fourth-order valence-electron chi connectivity index (χ4n) is 3.15. The van der Waals surface area contributed by atoms with Gasteiger partial charge in [-0.3, -0.25) is 14.2 Å². The molecule has 0 saturated heterocycles. The number of ether oxygens (including phenoxy) is 1. The molecule has 1 amide bonds. The van der Waals surface area contributed by atoms with Crippen LogP contribution in [0.15, 0.2) is 47.3 Å².